The monoisotopic (exact) mass is 353 g/mol. The van der Waals surface area contributed by atoms with Crippen LogP contribution in [0.3, 0.4) is 0 Å². The third-order valence-electron chi connectivity index (χ3n) is 4.37. The number of phenolic OH excluding ortho intramolecular Hbond substituents is 1. The van der Waals surface area contributed by atoms with Crippen LogP contribution >= 0.6 is 0 Å². The second-order valence-corrected chi connectivity index (χ2v) is 6.21. The quantitative estimate of drug-likeness (QED) is 0.890. The SMILES string of the molecule is O=c1c(-c2ccc(C(F)(F)F)cc2O)cncn1C[C@@H]1CCCNC1. The molecule has 1 saturated heterocycles. The summed E-state index contributed by atoms with van der Waals surface area (Å²) in [6, 6.07) is 2.57. The average Bonchev–Trinajstić information content (AvgIpc) is 2.57. The first-order chi connectivity index (χ1) is 11.9. The van der Waals surface area contributed by atoms with E-state index in [2.05, 4.69) is 10.3 Å². The van der Waals surface area contributed by atoms with Gasteiger partial charge in [-0.1, -0.05) is 0 Å². The fraction of sp³-hybridized carbons (Fsp3) is 0.412. The number of hydrogen-bond donors (Lipinski definition) is 2. The molecule has 0 amide bonds. The zero-order chi connectivity index (χ0) is 18.0. The molecule has 0 saturated carbocycles. The largest absolute Gasteiger partial charge is 0.507 e. The van der Waals surface area contributed by atoms with E-state index in [1.165, 1.54) is 17.1 Å². The average molecular weight is 353 g/mol. The number of benzene rings is 1. The van der Waals surface area contributed by atoms with Gasteiger partial charge in [-0.3, -0.25) is 9.36 Å². The van der Waals surface area contributed by atoms with Crippen molar-refractivity contribution in [1.82, 2.24) is 14.9 Å². The summed E-state index contributed by atoms with van der Waals surface area (Å²) in [5.41, 5.74) is -1.22. The highest BCUT2D eigenvalue weighted by Gasteiger charge is 2.31. The molecule has 0 radical (unpaired) electrons. The summed E-state index contributed by atoms with van der Waals surface area (Å²) in [6.07, 6.45) is 0.155. The Morgan fingerprint density at radius 3 is 2.76 bits per heavy atom. The van der Waals surface area contributed by atoms with Crippen molar-refractivity contribution in [2.75, 3.05) is 13.1 Å². The summed E-state index contributed by atoms with van der Waals surface area (Å²) in [4.78, 5) is 16.7. The highest BCUT2D eigenvalue weighted by molar-refractivity contribution is 5.69. The molecule has 2 heterocycles. The van der Waals surface area contributed by atoms with Crippen LogP contribution in [0.4, 0.5) is 13.2 Å². The van der Waals surface area contributed by atoms with Crippen LogP contribution in [0.15, 0.2) is 35.5 Å². The van der Waals surface area contributed by atoms with Gasteiger partial charge in [0.25, 0.3) is 5.56 Å². The number of aromatic nitrogens is 2. The number of phenols is 1. The van der Waals surface area contributed by atoms with E-state index in [4.69, 9.17) is 0 Å². The molecule has 1 aliphatic rings. The van der Waals surface area contributed by atoms with E-state index in [-0.39, 0.29) is 16.7 Å². The molecule has 5 nitrogen and oxygen atoms in total. The second kappa shape index (κ2) is 6.87. The molecule has 0 aliphatic carbocycles. The molecular formula is C17H18F3N3O2. The van der Waals surface area contributed by atoms with Gasteiger partial charge in [0.15, 0.2) is 0 Å². The van der Waals surface area contributed by atoms with E-state index >= 15 is 0 Å². The van der Waals surface area contributed by atoms with Crippen LogP contribution in [-0.4, -0.2) is 27.7 Å². The summed E-state index contributed by atoms with van der Waals surface area (Å²) in [5, 5.41) is 13.2. The number of halogens is 3. The van der Waals surface area contributed by atoms with E-state index < -0.39 is 17.5 Å². The van der Waals surface area contributed by atoms with Gasteiger partial charge in [-0.15, -0.1) is 0 Å². The minimum atomic E-state index is -4.56. The fourth-order valence-electron chi connectivity index (χ4n) is 3.06. The van der Waals surface area contributed by atoms with Crippen LogP contribution in [0, 0.1) is 5.92 Å². The van der Waals surface area contributed by atoms with Gasteiger partial charge in [-0.2, -0.15) is 13.2 Å². The van der Waals surface area contributed by atoms with Gasteiger partial charge in [0.2, 0.25) is 0 Å². The Labute approximate surface area is 142 Å². The van der Waals surface area contributed by atoms with Crippen molar-refractivity contribution in [2.24, 2.45) is 5.92 Å². The summed E-state index contributed by atoms with van der Waals surface area (Å²) in [7, 11) is 0. The Morgan fingerprint density at radius 1 is 1.32 bits per heavy atom. The Hall–Kier alpha value is -2.35. The molecule has 3 rings (SSSR count). The molecule has 1 aromatic heterocycles. The molecule has 2 N–H and O–H groups in total. The van der Waals surface area contributed by atoms with Crippen molar-refractivity contribution in [3.63, 3.8) is 0 Å². The lowest BCUT2D eigenvalue weighted by Crippen LogP contribution is -2.35. The van der Waals surface area contributed by atoms with Gasteiger partial charge in [0.05, 0.1) is 17.5 Å². The maximum atomic E-state index is 12.7. The zero-order valence-corrected chi connectivity index (χ0v) is 13.4. The Balaban J connectivity index is 1.93. The van der Waals surface area contributed by atoms with Crippen molar-refractivity contribution in [3.8, 4) is 16.9 Å². The molecular weight excluding hydrogens is 335 g/mol. The fourth-order valence-corrected chi connectivity index (χ4v) is 3.06. The molecule has 0 unspecified atom stereocenters. The van der Waals surface area contributed by atoms with Crippen LogP contribution in [0.5, 0.6) is 5.75 Å². The molecule has 134 valence electrons. The number of nitrogens with one attached hydrogen (secondary N) is 1. The molecule has 1 atom stereocenters. The lowest BCUT2D eigenvalue weighted by Gasteiger charge is -2.23. The van der Waals surface area contributed by atoms with Crippen molar-refractivity contribution in [1.29, 1.82) is 0 Å². The maximum Gasteiger partial charge on any atom is 0.416 e. The molecule has 1 aliphatic heterocycles. The van der Waals surface area contributed by atoms with Crippen LogP contribution in [0.2, 0.25) is 0 Å². The van der Waals surface area contributed by atoms with E-state index in [1.807, 2.05) is 0 Å². The van der Waals surface area contributed by atoms with Crippen molar-refractivity contribution in [3.05, 3.63) is 46.6 Å². The van der Waals surface area contributed by atoms with Gasteiger partial charge in [-0.25, -0.2) is 4.98 Å². The first-order valence-electron chi connectivity index (χ1n) is 8.02. The first-order valence-corrected chi connectivity index (χ1v) is 8.02. The van der Waals surface area contributed by atoms with Crippen LogP contribution < -0.4 is 10.9 Å². The molecule has 0 spiro atoms. The van der Waals surface area contributed by atoms with Crippen molar-refractivity contribution >= 4 is 0 Å². The lowest BCUT2D eigenvalue weighted by molar-refractivity contribution is -0.137. The molecule has 8 heteroatoms. The highest BCUT2D eigenvalue weighted by atomic mass is 19.4. The predicted octanol–water partition coefficient (Wildman–Crippen LogP) is 2.63. The minimum absolute atomic E-state index is 0.0432. The molecule has 2 aromatic rings. The number of alkyl halides is 3. The number of piperidine rings is 1. The minimum Gasteiger partial charge on any atom is -0.507 e. The molecule has 0 bridgehead atoms. The van der Waals surface area contributed by atoms with Crippen LogP contribution in [0.1, 0.15) is 18.4 Å². The van der Waals surface area contributed by atoms with Gasteiger partial charge >= 0.3 is 6.18 Å². The standard InChI is InChI=1S/C17H18F3N3O2/c18-17(19,20)12-3-4-13(15(24)6-12)14-8-22-10-23(16(14)25)9-11-2-1-5-21-7-11/h3-4,6,8,10-11,21,24H,1-2,5,7,9H2/t11-/m1/s1. The van der Waals surface area contributed by atoms with E-state index in [1.54, 1.807) is 0 Å². The zero-order valence-electron chi connectivity index (χ0n) is 13.4. The maximum absolute atomic E-state index is 12.7. The van der Waals surface area contributed by atoms with Crippen molar-refractivity contribution in [2.45, 2.75) is 25.6 Å². The van der Waals surface area contributed by atoms with Crippen LogP contribution in [0.25, 0.3) is 11.1 Å². The van der Waals surface area contributed by atoms with E-state index in [9.17, 15) is 23.1 Å². The van der Waals surface area contributed by atoms with Gasteiger partial charge < -0.3 is 10.4 Å². The molecule has 25 heavy (non-hydrogen) atoms. The summed E-state index contributed by atoms with van der Waals surface area (Å²) >= 11 is 0. The van der Waals surface area contributed by atoms with Gasteiger partial charge in [0.1, 0.15) is 5.75 Å². The first kappa shape index (κ1) is 17.5. The highest BCUT2D eigenvalue weighted by Crippen LogP contribution is 2.35. The normalized spacial score (nSPS) is 18.3. The van der Waals surface area contributed by atoms with Crippen molar-refractivity contribution < 1.29 is 18.3 Å². The Morgan fingerprint density at radius 2 is 2.12 bits per heavy atom. The van der Waals surface area contributed by atoms with Crippen LogP contribution in [-0.2, 0) is 12.7 Å². The predicted molar refractivity (Wildman–Crippen MR) is 86.2 cm³/mol. The third-order valence-corrected chi connectivity index (χ3v) is 4.37. The van der Waals surface area contributed by atoms with Gasteiger partial charge in [0, 0.05) is 18.3 Å². The Kier molecular flexibility index (Phi) is 4.80. The number of rotatable bonds is 3. The van der Waals surface area contributed by atoms with E-state index in [0.717, 1.165) is 38.1 Å². The van der Waals surface area contributed by atoms with E-state index in [0.29, 0.717) is 18.5 Å². The molecule has 1 aromatic carbocycles. The third kappa shape index (κ3) is 3.84. The topological polar surface area (TPSA) is 67.1 Å². The number of nitrogens with zero attached hydrogens (tertiary/aromatic N) is 2. The second-order valence-electron chi connectivity index (χ2n) is 6.21. The summed E-state index contributed by atoms with van der Waals surface area (Å²) in [6.45, 7) is 2.25. The summed E-state index contributed by atoms with van der Waals surface area (Å²) < 4.78 is 39.6. The van der Waals surface area contributed by atoms with Gasteiger partial charge in [-0.05, 0) is 50.0 Å². The smallest absolute Gasteiger partial charge is 0.416 e. The summed E-state index contributed by atoms with van der Waals surface area (Å²) in [5.74, 6) is -0.296. The molecule has 1 fully saturated rings. The number of aromatic hydroxyl groups is 1. The Bertz CT molecular complexity index is 812. The lowest BCUT2D eigenvalue weighted by atomic mass is 9.99. The number of hydrogen-bond acceptors (Lipinski definition) is 4.